The summed E-state index contributed by atoms with van der Waals surface area (Å²) in [4.78, 5) is 20.6. The number of anilines is 2. The van der Waals surface area contributed by atoms with E-state index in [1.165, 1.54) is 0 Å². The average molecular weight is 419 g/mol. The fourth-order valence-corrected chi connectivity index (χ4v) is 3.14. The third-order valence-corrected chi connectivity index (χ3v) is 4.71. The summed E-state index contributed by atoms with van der Waals surface area (Å²) in [6.45, 7) is 0.622. The number of aliphatic imine (C=N–C) groups is 1. The number of fused-ring (bicyclic) bond motifs is 1. The van der Waals surface area contributed by atoms with Gasteiger partial charge in [-0.25, -0.2) is 0 Å². The number of carbonyl (C=O) groups is 1. The summed E-state index contributed by atoms with van der Waals surface area (Å²) in [6.07, 6.45) is 12.3. The van der Waals surface area contributed by atoms with Gasteiger partial charge in [0.05, 0.1) is 17.4 Å². The zero-order valence-corrected chi connectivity index (χ0v) is 17.3. The van der Waals surface area contributed by atoms with Crippen LogP contribution < -0.4 is 16.0 Å². The number of aromatic amines is 1. The number of nitrogens with zero attached hydrogens (tertiary/aromatic N) is 4. The van der Waals surface area contributed by atoms with Crippen molar-refractivity contribution in [3.8, 4) is 6.19 Å². The summed E-state index contributed by atoms with van der Waals surface area (Å²) in [5, 5.41) is 25.3. The molecule has 31 heavy (non-hydrogen) atoms. The number of nitriles is 1. The number of carbonyl (C=O) groups excluding carboxylic acids is 1. The van der Waals surface area contributed by atoms with Crippen LogP contribution in [0.3, 0.4) is 0 Å². The molecule has 3 aromatic rings. The zero-order chi connectivity index (χ0) is 21.7. The van der Waals surface area contributed by atoms with Crippen LogP contribution in [-0.4, -0.2) is 33.6 Å². The van der Waals surface area contributed by atoms with Crippen molar-refractivity contribution >= 4 is 34.1 Å². The lowest BCUT2D eigenvalue weighted by molar-refractivity contribution is -0.116. The first kappa shape index (κ1) is 21.8. The number of pyridine rings is 1. The molecule has 9 nitrogen and oxygen atoms in total. The smallest absolute Gasteiger partial charge is 0.224 e. The van der Waals surface area contributed by atoms with Crippen molar-refractivity contribution in [1.82, 2.24) is 20.5 Å². The number of hydrogen-bond donors (Lipinski definition) is 4. The van der Waals surface area contributed by atoms with Crippen LogP contribution in [0.15, 0.2) is 53.9 Å². The molecule has 160 valence electrons. The fourth-order valence-electron chi connectivity index (χ4n) is 3.14. The number of aromatic nitrogens is 3. The molecule has 0 fully saturated rings. The molecule has 2 aromatic heterocycles. The normalized spacial score (nSPS) is 11.1. The van der Waals surface area contributed by atoms with E-state index in [2.05, 4.69) is 36.1 Å². The lowest BCUT2D eigenvalue weighted by atomic mass is 10.1. The Balaban J connectivity index is 1.29. The molecule has 0 aliphatic rings. The number of benzene rings is 1. The molecule has 1 aromatic carbocycles. The summed E-state index contributed by atoms with van der Waals surface area (Å²) in [7, 11) is 0. The highest BCUT2D eigenvalue weighted by atomic mass is 16.1. The highest BCUT2D eigenvalue weighted by Gasteiger charge is 2.06. The van der Waals surface area contributed by atoms with Gasteiger partial charge < -0.3 is 10.6 Å². The van der Waals surface area contributed by atoms with Crippen molar-refractivity contribution in [2.24, 2.45) is 4.99 Å². The molecule has 1 amide bonds. The Kier molecular flexibility index (Phi) is 8.37. The second-order valence-corrected chi connectivity index (χ2v) is 7.03. The SMILES string of the molecule is N#CNC(=NCCCCCCCC(=O)Nc1cccc2[nH]ncc12)Nc1ccncc1. The van der Waals surface area contributed by atoms with Crippen LogP contribution >= 0.6 is 0 Å². The predicted octanol–water partition coefficient (Wildman–Crippen LogP) is 3.78. The molecule has 4 N–H and O–H groups in total. The lowest BCUT2D eigenvalue weighted by Gasteiger charge is -2.07. The van der Waals surface area contributed by atoms with Crippen molar-refractivity contribution in [3.05, 3.63) is 48.9 Å². The minimum absolute atomic E-state index is 0.0210. The minimum Gasteiger partial charge on any atom is -0.325 e. The van der Waals surface area contributed by atoms with Gasteiger partial charge in [-0.2, -0.15) is 10.4 Å². The monoisotopic (exact) mass is 418 g/mol. The number of unbranched alkanes of at least 4 members (excludes halogenated alkanes) is 4. The van der Waals surface area contributed by atoms with Crippen molar-refractivity contribution in [2.75, 3.05) is 17.2 Å². The van der Waals surface area contributed by atoms with Crippen molar-refractivity contribution in [2.45, 2.75) is 38.5 Å². The van der Waals surface area contributed by atoms with Crippen LogP contribution in [0.5, 0.6) is 0 Å². The summed E-state index contributed by atoms with van der Waals surface area (Å²) in [6, 6.07) is 9.31. The zero-order valence-electron chi connectivity index (χ0n) is 17.3. The van der Waals surface area contributed by atoms with Crippen LogP contribution in [0, 0.1) is 11.5 Å². The molecule has 2 heterocycles. The Morgan fingerprint density at radius 3 is 2.71 bits per heavy atom. The lowest BCUT2D eigenvalue weighted by Crippen LogP contribution is -2.27. The van der Waals surface area contributed by atoms with Gasteiger partial charge >= 0.3 is 0 Å². The number of hydrogen-bond acceptors (Lipinski definition) is 5. The number of amides is 1. The van der Waals surface area contributed by atoms with E-state index in [0.29, 0.717) is 18.9 Å². The molecule has 0 bridgehead atoms. The van der Waals surface area contributed by atoms with E-state index in [-0.39, 0.29) is 5.91 Å². The second-order valence-electron chi connectivity index (χ2n) is 7.03. The van der Waals surface area contributed by atoms with Crippen LogP contribution in [0.4, 0.5) is 11.4 Å². The summed E-state index contributed by atoms with van der Waals surface area (Å²) < 4.78 is 0. The fraction of sp³-hybridized carbons (Fsp3) is 0.318. The van der Waals surface area contributed by atoms with Gasteiger partial charge in [0.2, 0.25) is 11.9 Å². The maximum atomic E-state index is 12.2. The van der Waals surface area contributed by atoms with Gasteiger partial charge in [0.1, 0.15) is 0 Å². The van der Waals surface area contributed by atoms with Crippen LogP contribution in [0.2, 0.25) is 0 Å². The van der Waals surface area contributed by atoms with E-state index in [1.54, 1.807) is 30.7 Å². The number of H-pyrrole nitrogens is 1. The van der Waals surface area contributed by atoms with Crippen LogP contribution in [0.25, 0.3) is 10.9 Å². The van der Waals surface area contributed by atoms with Gasteiger partial charge in [-0.15, -0.1) is 0 Å². The van der Waals surface area contributed by atoms with Crippen molar-refractivity contribution < 1.29 is 4.79 Å². The molecule has 0 aliphatic heterocycles. The topological polar surface area (TPSA) is 131 Å². The average Bonchev–Trinajstić information content (AvgIpc) is 3.26. The van der Waals surface area contributed by atoms with Gasteiger partial charge in [-0.05, 0) is 37.1 Å². The quantitative estimate of drug-likeness (QED) is 0.130. The molecule has 0 saturated carbocycles. The molecule has 0 saturated heterocycles. The summed E-state index contributed by atoms with van der Waals surface area (Å²) >= 11 is 0. The van der Waals surface area contributed by atoms with Gasteiger partial charge in [-0.3, -0.25) is 25.2 Å². The summed E-state index contributed by atoms with van der Waals surface area (Å²) in [5.41, 5.74) is 2.51. The first-order valence-electron chi connectivity index (χ1n) is 10.3. The van der Waals surface area contributed by atoms with E-state index >= 15 is 0 Å². The Hall–Kier alpha value is -3.93. The molecule has 0 aliphatic carbocycles. The van der Waals surface area contributed by atoms with Crippen molar-refractivity contribution in [3.63, 3.8) is 0 Å². The third-order valence-electron chi connectivity index (χ3n) is 4.71. The molecule has 0 radical (unpaired) electrons. The van der Waals surface area contributed by atoms with Crippen LogP contribution in [0.1, 0.15) is 38.5 Å². The largest absolute Gasteiger partial charge is 0.325 e. The van der Waals surface area contributed by atoms with E-state index in [1.807, 2.05) is 24.4 Å². The maximum absolute atomic E-state index is 12.2. The molecule has 0 spiro atoms. The Labute approximate surface area is 181 Å². The number of nitrogens with one attached hydrogen (secondary N) is 4. The maximum Gasteiger partial charge on any atom is 0.224 e. The number of rotatable bonds is 10. The Bertz CT molecular complexity index is 1040. The van der Waals surface area contributed by atoms with E-state index in [4.69, 9.17) is 5.26 Å². The Morgan fingerprint density at radius 1 is 1.06 bits per heavy atom. The number of guanidine groups is 1. The molecular formula is C22H26N8O. The predicted molar refractivity (Wildman–Crippen MR) is 121 cm³/mol. The summed E-state index contributed by atoms with van der Waals surface area (Å²) in [5.74, 6) is 0.450. The standard InChI is InChI=1S/C22H26N8O/c23-16-26-22(28-17-10-13-24-14-11-17)25-12-5-3-1-2-4-9-21(31)29-19-7-6-8-20-18(19)15-27-30-20/h6-8,10-11,13-15H,1-5,9,12H2,(H,27,30)(H,29,31)(H2,24,25,26,28). The first-order valence-corrected chi connectivity index (χ1v) is 10.3. The molecule has 0 atom stereocenters. The Morgan fingerprint density at radius 2 is 1.87 bits per heavy atom. The van der Waals surface area contributed by atoms with Crippen LogP contribution in [-0.2, 0) is 4.79 Å². The van der Waals surface area contributed by atoms with Gasteiger partial charge in [0.15, 0.2) is 6.19 Å². The third kappa shape index (κ3) is 7.12. The minimum atomic E-state index is 0.0210. The molecule has 9 heteroatoms. The molecule has 3 rings (SSSR count). The first-order chi connectivity index (χ1) is 15.3. The van der Waals surface area contributed by atoms with Gasteiger partial charge in [0, 0.05) is 36.4 Å². The van der Waals surface area contributed by atoms with E-state index < -0.39 is 0 Å². The molecule has 0 unspecified atom stereocenters. The van der Waals surface area contributed by atoms with Gasteiger partial charge in [-0.1, -0.05) is 25.3 Å². The highest BCUT2D eigenvalue weighted by Crippen LogP contribution is 2.21. The van der Waals surface area contributed by atoms with Crippen molar-refractivity contribution in [1.29, 1.82) is 5.26 Å². The highest BCUT2D eigenvalue weighted by molar-refractivity contribution is 6.00. The van der Waals surface area contributed by atoms with E-state index in [9.17, 15) is 4.79 Å². The van der Waals surface area contributed by atoms with E-state index in [0.717, 1.165) is 54.4 Å². The van der Waals surface area contributed by atoms with Gasteiger partial charge in [0.25, 0.3) is 0 Å². The second kappa shape index (κ2) is 11.9. The molecular weight excluding hydrogens is 392 g/mol.